The van der Waals surface area contributed by atoms with E-state index in [-0.39, 0.29) is 12.1 Å². The van der Waals surface area contributed by atoms with Crippen LogP contribution in [0.1, 0.15) is 34.0 Å². The van der Waals surface area contributed by atoms with Gasteiger partial charge < -0.3 is 10.1 Å². The van der Waals surface area contributed by atoms with Crippen molar-refractivity contribution in [3.63, 3.8) is 0 Å². The lowest BCUT2D eigenvalue weighted by atomic mass is 9.95. The molecule has 1 atom stereocenters. The van der Waals surface area contributed by atoms with Gasteiger partial charge in [-0.1, -0.05) is 31.2 Å². The van der Waals surface area contributed by atoms with Gasteiger partial charge >= 0.3 is 12.1 Å². The zero-order chi connectivity index (χ0) is 18.9. The van der Waals surface area contributed by atoms with Crippen LogP contribution in [0.15, 0.2) is 42.5 Å². The summed E-state index contributed by atoms with van der Waals surface area (Å²) in [5.74, 6) is -1.44. The van der Waals surface area contributed by atoms with Gasteiger partial charge in [-0.25, -0.2) is 4.79 Å². The van der Waals surface area contributed by atoms with Crippen LogP contribution in [0.4, 0.5) is 18.9 Å². The number of halogens is 3. The van der Waals surface area contributed by atoms with Crippen LogP contribution >= 0.6 is 0 Å². The number of rotatable bonds is 3. The number of benzene rings is 2. The van der Waals surface area contributed by atoms with Gasteiger partial charge in [0, 0.05) is 6.42 Å². The molecule has 0 spiro atoms. The lowest BCUT2D eigenvalue weighted by molar-refractivity contribution is -0.137. The molecule has 1 amide bonds. The van der Waals surface area contributed by atoms with Gasteiger partial charge in [0.15, 0.2) is 6.10 Å². The standard InChI is InChI=1S/C19H16F3NO3/c1-2-11-7-8-13-12(9-11)10-16(26-18(13)25)17(24)23-15-6-4-3-5-14(15)19(20,21)22/h3-9,16H,2,10H2,1H3,(H,23,24). The maximum absolute atomic E-state index is 13.0. The van der Waals surface area contributed by atoms with Crippen molar-refractivity contribution in [1.82, 2.24) is 0 Å². The van der Waals surface area contributed by atoms with E-state index in [2.05, 4.69) is 5.32 Å². The summed E-state index contributed by atoms with van der Waals surface area (Å²) in [5, 5.41) is 2.23. The molecule has 0 aromatic heterocycles. The van der Waals surface area contributed by atoms with Crippen LogP contribution in [-0.4, -0.2) is 18.0 Å². The minimum absolute atomic E-state index is 0.120. The maximum Gasteiger partial charge on any atom is 0.418 e. The Kier molecular flexibility index (Phi) is 4.71. The number of anilines is 1. The predicted molar refractivity (Wildman–Crippen MR) is 88.8 cm³/mol. The van der Waals surface area contributed by atoms with E-state index >= 15 is 0 Å². The summed E-state index contributed by atoms with van der Waals surface area (Å²) in [6.45, 7) is 1.96. The molecule has 136 valence electrons. The highest BCUT2D eigenvalue weighted by atomic mass is 19.4. The Hall–Kier alpha value is -2.83. The number of fused-ring (bicyclic) bond motifs is 1. The maximum atomic E-state index is 13.0. The molecule has 1 heterocycles. The highest BCUT2D eigenvalue weighted by molar-refractivity contribution is 6.00. The van der Waals surface area contributed by atoms with E-state index in [0.717, 1.165) is 24.1 Å². The Morgan fingerprint density at radius 3 is 2.65 bits per heavy atom. The van der Waals surface area contributed by atoms with E-state index in [0.29, 0.717) is 11.1 Å². The van der Waals surface area contributed by atoms with Crippen LogP contribution in [0.25, 0.3) is 0 Å². The molecule has 0 fully saturated rings. The predicted octanol–water partition coefficient (Wildman–Crippen LogP) is 3.99. The molecule has 26 heavy (non-hydrogen) atoms. The van der Waals surface area contributed by atoms with E-state index < -0.39 is 29.7 Å². The third-order valence-corrected chi connectivity index (χ3v) is 4.24. The van der Waals surface area contributed by atoms with Crippen molar-refractivity contribution in [2.45, 2.75) is 32.0 Å². The van der Waals surface area contributed by atoms with Gasteiger partial charge in [-0.2, -0.15) is 13.2 Å². The third kappa shape index (κ3) is 3.56. The molecule has 1 N–H and O–H groups in total. The molecule has 0 bridgehead atoms. The second-order valence-electron chi connectivity index (χ2n) is 5.98. The Morgan fingerprint density at radius 1 is 1.23 bits per heavy atom. The number of nitrogens with one attached hydrogen (secondary N) is 1. The molecular formula is C19H16F3NO3. The van der Waals surface area contributed by atoms with Crippen molar-refractivity contribution in [2.75, 3.05) is 5.32 Å². The number of cyclic esters (lactones) is 1. The monoisotopic (exact) mass is 363 g/mol. The zero-order valence-electron chi connectivity index (χ0n) is 13.9. The Balaban J connectivity index is 1.83. The quantitative estimate of drug-likeness (QED) is 0.839. The molecule has 4 nitrogen and oxygen atoms in total. The van der Waals surface area contributed by atoms with E-state index in [1.165, 1.54) is 12.1 Å². The normalized spacial score (nSPS) is 16.6. The smallest absolute Gasteiger partial charge is 0.418 e. The first kappa shape index (κ1) is 18.0. The van der Waals surface area contributed by atoms with Gasteiger partial charge in [0.25, 0.3) is 5.91 Å². The average molecular weight is 363 g/mol. The van der Waals surface area contributed by atoms with Crippen molar-refractivity contribution in [2.24, 2.45) is 0 Å². The number of amides is 1. The number of carbonyl (C=O) groups excluding carboxylic acids is 2. The number of aryl methyl sites for hydroxylation is 1. The average Bonchev–Trinajstić information content (AvgIpc) is 2.60. The first-order valence-corrected chi connectivity index (χ1v) is 8.09. The molecule has 0 saturated heterocycles. The first-order chi connectivity index (χ1) is 12.3. The summed E-state index contributed by atoms with van der Waals surface area (Å²) in [4.78, 5) is 24.5. The second-order valence-corrected chi connectivity index (χ2v) is 5.98. The third-order valence-electron chi connectivity index (χ3n) is 4.24. The highest BCUT2D eigenvalue weighted by Gasteiger charge is 2.36. The fourth-order valence-electron chi connectivity index (χ4n) is 2.87. The van der Waals surface area contributed by atoms with Gasteiger partial charge in [-0.15, -0.1) is 0 Å². The van der Waals surface area contributed by atoms with Gasteiger partial charge in [0.05, 0.1) is 16.8 Å². The number of para-hydroxylation sites is 1. The molecule has 1 aliphatic heterocycles. The van der Waals surface area contributed by atoms with E-state index in [1.54, 1.807) is 12.1 Å². The van der Waals surface area contributed by atoms with Crippen molar-refractivity contribution in [3.8, 4) is 0 Å². The number of alkyl halides is 3. The largest absolute Gasteiger partial charge is 0.448 e. The van der Waals surface area contributed by atoms with Crippen molar-refractivity contribution in [1.29, 1.82) is 0 Å². The molecule has 0 aliphatic carbocycles. The van der Waals surface area contributed by atoms with Crippen LogP contribution in [0, 0.1) is 0 Å². The molecule has 7 heteroatoms. The van der Waals surface area contributed by atoms with Crippen LogP contribution in [0.3, 0.4) is 0 Å². The number of carbonyl (C=O) groups is 2. The van der Waals surface area contributed by atoms with Crippen LogP contribution < -0.4 is 5.32 Å². The number of hydrogen-bond donors (Lipinski definition) is 1. The van der Waals surface area contributed by atoms with E-state index in [4.69, 9.17) is 4.74 Å². The summed E-state index contributed by atoms with van der Waals surface area (Å²) in [5.41, 5.74) is 0.713. The van der Waals surface area contributed by atoms with Crippen molar-refractivity contribution in [3.05, 3.63) is 64.7 Å². The van der Waals surface area contributed by atoms with Crippen LogP contribution in [0.5, 0.6) is 0 Å². The SMILES string of the molecule is CCc1ccc2c(c1)CC(C(=O)Nc1ccccc1C(F)(F)F)OC2=O. The number of hydrogen-bond acceptors (Lipinski definition) is 3. The van der Waals surface area contributed by atoms with Crippen molar-refractivity contribution < 1.29 is 27.5 Å². The van der Waals surface area contributed by atoms with Crippen LogP contribution in [0.2, 0.25) is 0 Å². The molecule has 2 aromatic carbocycles. The summed E-state index contributed by atoms with van der Waals surface area (Å²) in [7, 11) is 0. The van der Waals surface area contributed by atoms with Crippen LogP contribution in [-0.2, 0) is 28.5 Å². The summed E-state index contributed by atoms with van der Waals surface area (Å²) < 4.78 is 44.3. The topological polar surface area (TPSA) is 55.4 Å². The molecule has 3 rings (SSSR count). The summed E-state index contributed by atoms with van der Waals surface area (Å²) in [6, 6.07) is 9.94. The lowest BCUT2D eigenvalue weighted by Gasteiger charge is -2.25. The fraction of sp³-hybridized carbons (Fsp3) is 0.263. The fourth-order valence-corrected chi connectivity index (χ4v) is 2.87. The molecule has 1 aliphatic rings. The summed E-state index contributed by atoms with van der Waals surface area (Å²) in [6.07, 6.45) is -4.90. The van der Waals surface area contributed by atoms with Gasteiger partial charge in [0.1, 0.15) is 0 Å². The molecule has 1 unspecified atom stereocenters. The van der Waals surface area contributed by atoms with Gasteiger partial charge in [-0.3, -0.25) is 4.79 Å². The Morgan fingerprint density at radius 2 is 1.96 bits per heavy atom. The molecule has 2 aromatic rings. The lowest BCUT2D eigenvalue weighted by Crippen LogP contribution is -2.38. The number of ether oxygens (including phenoxy) is 1. The Bertz CT molecular complexity index is 861. The van der Waals surface area contributed by atoms with E-state index in [9.17, 15) is 22.8 Å². The molecule has 0 saturated carbocycles. The number of esters is 1. The minimum Gasteiger partial charge on any atom is -0.448 e. The minimum atomic E-state index is -4.60. The second kappa shape index (κ2) is 6.82. The first-order valence-electron chi connectivity index (χ1n) is 8.09. The molecular weight excluding hydrogens is 347 g/mol. The summed E-state index contributed by atoms with van der Waals surface area (Å²) >= 11 is 0. The Labute approximate surface area is 148 Å². The van der Waals surface area contributed by atoms with E-state index in [1.807, 2.05) is 13.0 Å². The van der Waals surface area contributed by atoms with Crippen molar-refractivity contribution >= 4 is 17.6 Å². The van der Waals surface area contributed by atoms with Gasteiger partial charge in [-0.05, 0) is 35.7 Å². The zero-order valence-corrected chi connectivity index (χ0v) is 13.9. The molecule has 0 radical (unpaired) electrons. The van der Waals surface area contributed by atoms with Gasteiger partial charge in [0.2, 0.25) is 0 Å². The highest BCUT2D eigenvalue weighted by Crippen LogP contribution is 2.35.